The highest BCUT2D eigenvalue weighted by atomic mass is 32.2. The van der Waals surface area contributed by atoms with Gasteiger partial charge in [0.05, 0.1) is 4.90 Å². The molecule has 0 atom stereocenters. The van der Waals surface area contributed by atoms with E-state index in [1.165, 1.54) is 9.54 Å². The SMILES string of the molecule is O=S(=O)(c1ccccc1)n1cccc1CN1CCCN(Cc2cccnc2)CC1. The van der Waals surface area contributed by atoms with Crippen molar-refractivity contribution in [3.05, 3.63) is 84.4 Å². The topological polar surface area (TPSA) is 58.4 Å². The van der Waals surface area contributed by atoms with Gasteiger partial charge in [-0.25, -0.2) is 12.4 Å². The summed E-state index contributed by atoms with van der Waals surface area (Å²) in [5.41, 5.74) is 2.03. The van der Waals surface area contributed by atoms with Crippen molar-refractivity contribution in [1.82, 2.24) is 18.8 Å². The lowest BCUT2D eigenvalue weighted by Gasteiger charge is -2.22. The first-order valence-electron chi connectivity index (χ1n) is 9.93. The first-order chi connectivity index (χ1) is 14.1. The molecule has 0 N–H and O–H groups in total. The van der Waals surface area contributed by atoms with Crippen LogP contribution in [0.4, 0.5) is 0 Å². The fourth-order valence-corrected chi connectivity index (χ4v) is 5.17. The number of hydrogen-bond donors (Lipinski definition) is 0. The van der Waals surface area contributed by atoms with Gasteiger partial charge in [-0.3, -0.25) is 14.8 Å². The van der Waals surface area contributed by atoms with Crippen molar-refractivity contribution < 1.29 is 8.42 Å². The maximum atomic E-state index is 13.0. The van der Waals surface area contributed by atoms with Crippen LogP contribution >= 0.6 is 0 Å². The van der Waals surface area contributed by atoms with Crippen molar-refractivity contribution >= 4 is 10.0 Å². The Kier molecular flexibility index (Phi) is 6.08. The van der Waals surface area contributed by atoms with Crippen LogP contribution in [0.5, 0.6) is 0 Å². The number of aromatic nitrogens is 2. The first-order valence-corrected chi connectivity index (χ1v) is 11.4. The molecule has 6 nitrogen and oxygen atoms in total. The van der Waals surface area contributed by atoms with Crippen molar-refractivity contribution in [3.8, 4) is 0 Å². The van der Waals surface area contributed by atoms with Gasteiger partial charge in [-0.2, -0.15) is 0 Å². The summed E-state index contributed by atoms with van der Waals surface area (Å²) in [5.74, 6) is 0. The van der Waals surface area contributed by atoms with Crippen LogP contribution in [0.3, 0.4) is 0 Å². The van der Waals surface area contributed by atoms with E-state index in [1.807, 2.05) is 30.5 Å². The van der Waals surface area contributed by atoms with E-state index in [0.29, 0.717) is 11.4 Å². The number of benzene rings is 1. The molecule has 1 aliphatic heterocycles. The summed E-state index contributed by atoms with van der Waals surface area (Å²) in [7, 11) is -3.57. The zero-order valence-electron chi connectivity index (χ0n) is 16.4. The standard InChI is InChI=1S/C22H26N4O2S/c27-29(28,22-9-2-1-3-10-22)26-14-5-8-21(26)19-25-13-6-12-24(15-16-25)18-20-7-4-11-23-17-20/h1-5,7-11,14,17H,6,12-13,15-16,18-19H2. The molecule has 0 spiro atoms. The molecule has 3 aromatic rings. The third kappa shape index (κ3) is 4.75. The highest BCUT2D eigenvalue weighted by Gasteiger charge is 2.21. The fourth-order valence-electron chi connectivity index (χ4n) is 3.78. The van der Waals surface area contributed by atoms with Crippen LogP contribution in [0.2, 0.25) is 0 Å². The molecule has 3 heterocycles. The molecular formula is C22H26N4O2S. The number of hydrogen-bond acceptors (Lipinski definition) is 5. The predicted octanol–water partition coefficient (Wildman–Crippen LogP) is 2.83. The van der Waals surface area contributed by atoms with Gasteiger partial charge in [-0.1, -0.05) is 24.3 Å². The molecule has 0 unspecified atom stereocenters. The highest BCUT2D eigenvalue weighted by Crippen LogP contribution is 2.18. The molecule has 152 valence electrons. The monoisotopic (exact) mass is 410 g/mol. The lowest BCUT2D eigenvalue weighted by molar-refractivity contribution is 0.245. The molecule has 0 amide bonds. The molecular weight excluding hydrogens is 384 g/mol. The number of pyridine rings is 1. The molecule has 0 bridgehead atoms. The summed E-state index contributed by atoms with van der Waals surface area (Å²) in [4.78, 5) is 9.30. The molecule has 1 fully saturated rings. The number of rotatable bonds is 6. The molecule has 7 heteroatoms. The molecule has 1 aliphatic rings. The van der Waals surface area contributed by atoms with E-state index in [0.717, 1.165) is 44.8 Å². The minimum atomic E-state index is -3.57. The second-order valence-corrected chi connectivity index (χ2v) is 9.20. The second kappa shape index (κ2) is 8.90. The van der Waals surface area contributed by atoms with E-state index >= 15 is 0 Å². The zero-order valence-corrected chi connectivity index (χ0v) is 17.2. The maximum Gasteiger partial charge on any atom is 0.267 e. The first kappa shape index (κ1) is 19.8. The van der Waals surface area contributed by atoms with Crippen LogP contribution in [-0.4, -0.2) is 53.4 Å². The van der Waals surface area contributed by atoms with Crippen molar-refractivity contribution in [2.24, 2.45) is 0 Å². The Morgan fingerprint density at radius 1 is 0.828 bits per heavy atom. The summed E-state index contributed by atoms with van der Waals surface area (Å²) >= 11 is 0. The average Bonchev–Trinajstić information content (AvgIpc) is 3.11. The normalized spacial score (nSPS) is 16.6. The number of nitrogens with zero attached hydrogens (tertiary/aromatic N) is 4. The molecule has 0 aliphatic carbocycles. The van der Waals surface area contributed by atoms with Gasteiger partial charge in [0.15, 0.2) is 0 Å². The van der Waals surface area contributed by atoms with Crippen LogP contribution in [0, 0.1) is 0 Å². The van der Waals surface area contributed by atoms with Crippen LogP contribution in [0.1, 0.15) is 17.7 Å². The average molecular weight is 411 g/mol. The van der Waals surface area contributed by atoms with Crippen molar-refractivity contribution in [1.29, 1.82) is 0 Å². The summed E-state index contributed by atoms with van der Waals surface area (Å²) in [6.07, 6.45) is 6.42. The minimum Gasteiger partial charge on any atom is -0.298 e. The quantitative estimate of drug-likeness (QED) is 0.625. The van der Waals surface area contributed by atoms with Gasteiger partial charge in [0.25, 0.3) is 10.0 Å². The largest absolute Gasteiger partial charge is 0.298 e. The van der Waals surface area contributed by atoms with Gasteiger partial charge in [-0.05, 0) is 55.4 Å². The van der Waals surface area contributed by atoms with Crippen LogP contribution in [-0.2, 0) is 23.1 Å². The zero-order chi connectivity index (χ0) is 20.1. The van der Waals surface area contributed by atoms with Crippen LogP contribution in [0.25, 0.3) is 0 Å². The minimum absolute atomic E-state index is 0.316. The van der Waals surface area contributed by atoms with Crippen molar-refractivity contribution in [2.75, 3.05) is 26.2 Å². The Labute approximate surface area is 172 Å². The molecule has 0 radical (unpaired) electrons. The maximum absolute atomic E-state index is 13.0. The van der Waals surface area contributed by atoms with Crippen LogP contribution < -0.4 is 0 Å². The Balaban J connectivity index is 1.43. The second-order valence-electron chi connectivity index (χ2n) is 7.38. The van der Waals surface area contributed by atoms with E-state index in [1.54, 1.807) is 36.7 Å². The van der Waals surface area contributed by atoms with Crippen molar-refractivity contribution in [2.45, 2.75) is 24.4 Å². The van der Waals surface area contributed by atoms with Gasteiger partial charge in [0.1, 0.15) is 0 Å². The molecule has 2 aromatic heterocycles. The summed E-state index contributed by atoms with van der Waals surface area (Å²) in [6, 6.07) is 16.4. The third-order valence-corrected chi connectivity index (χ3v) is 7.03. The molecule has 29 heavy (non-hydrogen) atoms. The Hall–Kier alpha value is -2.48. The molecule has 4 rings (SSSR count). The smallest absolute Gasteiger partial charge is 0.267 e. The molecule has 1 aromatic carbocycles. The predicted molar refractivity (Wildman–Crippen MR) is 113 cm³/mol. The van der Waals surface area contributed by atoms with Gasteiger partial charge >= 0.3 is 0 Å². The summed E-state index contributed by atoms with van der Waals surface area (Å²) in [5, 5.41) is 0. The van der Waals surface area contributed by atoms with Gasteiger partial charge in [0.2, 0.25) is 0 Å². The lowest BCUT2D eigenvalue weighted by atomic mass is 10.2. The van der Waals surface area contributed by atoms with E-state index in [-0.39, 0.29) is 0 Å². The van der Waals surface area contributed by atoms with E-state index in [2.05, 4.69) is 20.9 Å². The Morgan fingerprint density at radius 3 is 2.31 bits per heavy atom. The molecule has 0 saturated carbocycles. The van der Waals surface area contributed by atoms with E-state index in [9.17, 15) is 8.42 Å². The lowest BCUT2D eigenvalue weighted by Crippen LogP contribution is -2.31. The van der Waals surface area contributed by atoms with Gasteiger partial charge < -0.3 is 0 Å². The van der Waals surface area contributed by atoms with Gasteiger partial charge in [0, 0.05) is 50.5 Å². The van der Waals surface area contributed by atoms with Crippen LogP contribution in [0.15, 0.2) is 78.1 Å². The highest BCUT2D eigenvalue weighted by molar-refractivity contribution is 7.90. The van der Waals surface area contributed by atoms with Crippen molar-refractivity contribution in [3.63, 3.8) is 0 Å². The summed E-state index contributed by atoms with van der Waals surface area (Å²) in [6.45, 7) is 5.40. The third-order valence-electron chi connectivity index (χ3n) is 5.29. The van der Waals surface area contributed by atoms with E-state index < -0.39 is 10.0 Å². The summed E-state index contributed by atoms with van der Waals surface area (Å²) < 4.78 is 27.4. The molecule has 1 saturated heterocycles. The van der Waals surface area contributed by atoms with E-state index in [4.69, 9.17) is 0 Å². The Bertz CT molecular complexity index is 1020. The fraction of sp³-hybridized carbons (Fsp3) is 0.318. The van der Waals surface area contributed by atoms with Gasteiger partial charge in [-0.15, -0.1) is 0 Å². The Morgan fingerprint density at radius 2 is 1.59 bits per heavy atom.